The Balaban J connectivity index is 2.02. The number of fused-ring (bicyclic) bond motifs is 3. The second-order valence-electron chi connectivity index (χ2n) is 4.89. The summed E-state index contributed by atoms with van der Waals surface area (Å²) in [5.74, 6) is 0.895. The molecule has 0 N–H and O–H groups in total. The minimum Gasteiger partial charge on any atom is -0.296 e. The fourth-order valence-electron chi connectivity index (χ4n) is 3.37. The molecule has 2 aliphatic heterocycles. The highest BCUT2D eigenvalue weighted by atomic mass is 15.2. The van der Waals surface area contributed by atoms with Gasteiger partial charge in [0, 0.05) is 12.6 Å². The van der Waals surface area contributed by atoms with E-state index >= 15 is 0 Å². The minimum atomic E-state index is 0.736. The van der Waals surface area contributed by atoms with Gasteiger partial charge in [0.05, 0.1) is 0 Å². The van der Waals surface area contributed by atoms with Crippen LogP contribution in [0.5, 0.6) is 0 Å². The third-order valence-corrected chi connectivity index (χ3v) is 4.19. The number of rotatable bonds is 1. The lowest BCUT2D eigenvalue weighted by atomic mass is 9.86. The van der Waals surface area contributed by atoms with E-state index in [-0.39, 0.29) is 0 Å². The lowest BCUT2D eigenvalue weighted by Gasteiger charge is -2.34. The number of hydrogen-bond donors (Lipinski definition) is 0. The minimum absolute atomic E-state index is 0.736. The van der Waals surface area contributed by atoms with Gasteiger partial charge in [-0.1, -0.05) is 37.6 Å². The van der Waals surface area contributed by atoms with E-state index in [1.54, 1.807) is 11.1 Å². The van der Waals surface area contributed by atoms with E-state index in [9.17, 15) is 0 Å². The predicted molar refractivity (Wildman–Crippen MR) is 62.9 cm³/mol. The Hall–Kier alpha value is -0.820. The average Bonchev–Trinajstić information content (AvgIpc) is 2.72. The molecule has 0 aliphatic carbocycles. The van der Waals surface area contributed by atoms with Crippen LogP contribution in [-0.2, 0) is 6.42 Å². The molecule has 2 aliphatic rings. The molecule has 0 radical (unpaired) electrons. The van der Waals surface area contributed by atoms with Crippen molar-refractivity contribution in [1.82, 2.24) is 4.90 Å². The fourth-order valence-corrected chi connectivity index (χ4v) is 3.37. The van der Waals surface area contributed by atoms with Crippen LogP contribution in [0.25, 0.3) is 0 Å². The van der Waals surface area contributed by atoms with Crippen molar-refractivity contribution in [3.05, 3.63) is 35.4 Å². The van der Waals surface area contributed by atoms with Crippen LogP contribution in [-0.4, -0.2) is 18.0 Å². The summed E-state index contributed by atoms with van der Waals surface area (Å²) in [6.45, 7) is 4.93. The molecule has 2 atom stereocenters. The van der Waals surface area contributed by atoms with Crippen molar-refractivity contribution in [2.75, 3.05) is 13.1 Å². The van der Waals surface area contributed by atoms with Gasteiger partial charge in [0.25, 0.3) is 0 Å². The maximum atomic E-state index is 2.69. The maximum absolute atomic E-state index is 2.69. The van der Waals surface area contributed by atoms with Crippen LogP contribution in [0.4, 0.5) is 0 Å². The van der Waals surface area contributed by atoms with Crippen LogP contribution in [0.2, 0.25) is 0 Å². The molecule has 0 amide bonds. The van der Waals surface area contributed by atoms with Crippen LogP contribution in [0, 0.1) is 5.92 Å². The van der Waals surface area contributed by atoms with E-state index in [4.69, 9.17) is 0 Å². The molecule has 0 saturated carbocycles. The van der Waals surface area contributed by atoms with Gasteiger partial charge in [-0.2, -0.15) is 0 Å². The van der Waals surface area contributed by atoms with E-state index in [0.29, 0.717) is 0 Å². The smallest absolute Gasteiger partial charge is 0.0379 e. The Bertz CT molecular complexity index is 358. The molecule has 3 rings (SSSR count). The monoisotopic (exact) mass is 201 g/mol. The average molecular weight is 201 g/mol. The summed E-state index contributed by atoms with van der Waals surface area (Å²) in [7, 11) is 0. The molecule has 1 aromatic rings. The third kappa shape index (κ3) is 1.41. The lowest BCUT2D eigenvalue weighted by molar-refractivity contribution is 0.212. The summed E-state index contributed by atoms with van der Waals surface area (Å²) in [4.78, 5) is 2.69. The van der Waals surface area contributed by atoms with Crippen molar-refractivity contribution in [1.29, 1.82) is 0 Å². The predicted octanol–water partition coefficient (Wildman–Crippen LogP) is 3.02. The first-order chi connectivity index (χ1) is 7.40. The largest absolute Gasteiger partial charge is 0.296 e. The maximum Gasteiger partial charge on any atom is 0.0379 e. The van der Waals surface area contributed by atoms with E-state index in [1.165, 1.54) is 32.4 Å². The first-order valence-electron chi connectivity index (χ1n) is 6.22. The summed E-state index contributed by atoms with van der Waals surface area (Å²) in [5.41, 5.74) is 3.22. The van der Waals surface area contributed by atoms with Gasteiger partial charge < -0.3 is 0 Å². The molecule has 1 nitrogen and oxygen atoms in total. The van der Waals surface area contributed by atoms with Crippen molar-refractivity contribution in [2.45, 2.75) is 32.2 Å². The van der Waals surface area contributed by atoms with Crippen LogP contribution >= 0.6 is 0 Å². The second-order valence-corrected chi connectivity index (χ2v) is 4.89. The molecule has 0 aromatic heterocycles. The molecule has 0 spiro atoms. The fraction of sp³-hybridized carbons (Fsp3) is 0.571. The van der Waals surface area contributed by atoms with Crippen molar-refractivity contribution in [2.24, 2.45) is 5.92 Å². The summed E-state index contributed by atoms with van der Waals surface area (Å²) in [6.07, 6.45) is 3.98. The van der Waals surface area contributed by atoms with E-state index in [1.807, 2.05) is 0 Å². The van der Waals surface area contributed by atoms with Gasteiger partial charge in [0.15, 0.2) is 0 Å². The van der Waals surface area contributed by atoms with Crippen molar-refractivity contribution >= 4 is 0 Å². The summed E-state index contributed by atoms with van der Waals surface area (Å²) < 4.78 is 0. The molecule has 1 aromatic carbocycles. The Labute approximate surface area is 92.1 Å². The Morgan fingerprint density at radius 3 is 3.00 bits per heavy atom. The van der Waals surface area contributed by atoms with Gasteiger partial charge in [-0.15, -0.1) is 0 Å². The zero-order valence-corrected chi connectivity index (χ0v) is 9.45. The molecule has 2 heterocycles. The third-order valence-electron chi connectivity index (χ3n) is 4.19. The zero-order valence-electron chi connectivity index (χ0n) is 9.45. The molecule has 1 fully saturated rings. The van der Waals surface area contributed by atoms with Crippen LogP contribution in [0.3, 0.4) is 0 Å². The number of benzene rings is 1. The topological polar surface area (TPSA) is 3.24 Å². The molecule has 1 saturated heterocycles. The van der Waals surface area contributed by atoms with E-state index in [2.05, 4.69) is 36.1 Å². The van der Waals surface area contributed by atoms with Crippen LogP contribution in [0.15, 0.2) is 24.3 Å². The van der Waals surface area contributed by atoms with Crippen LogP contribution in [0.1, 0.15) is 36.9 Å². The van der Waals surface area contributed by atoms with Crippen LogP contribution < -0.4 is 0 Å². The lowest BCUT2D eigenvalue weighted by Crippen LogP contribution is -2.32. The van der Waals surface area contributed by atoms with Crippen molar-refractivity contribution in [3.63, 3.8) is 0 Å². The zero-order chi connectivity index (χ0) is 10.3. The first kappa shape index (κ1) is 9.41. The quantitative estimate of drug-likeness (QED) is 0.675. The van der Waals surface area contributed by atoms with Gasteiger partial charge in [0.1, 0.15) is 0 Å². The Morgan fingerprint density at radius 1 is 1.27 bits per heavy atom. The number of hydrogen-bond acceptors (Lipinski definition) is 1. The van der Waals surface area contributed by atoms with Crippen molar-refractivity contribution in [3.8, 4) is 0 Å². The molecule has 0 unspecified atom stereocenters. The highest BCUT2D eigenvalue weighted by Gasteiger charge is 2.37. The molecule has 1 heteroatoms. The Kier molecular flexibility index (Phi) is 2.28. The SMILES string of the molecule is CC[C@@H]1CCN2CCc3ccccc3[C@H]12. The Morgan fingerprint density at radius 2 is 2.13 bits per heavy atom. The first-order valence-corrected chi connectivity index (χ1v) is 6.22. The second kappa shape index (κ2) is 3.64. The van der Waals surface area contributed by atoms with Gasteiger partial charge in [-0.25, -0.2) is 0 Å². The molecule has 15 heavy (non-hydrogen) atoms. The highest BCUT2D eigenvalue weighted by molar-refractivity contribution is 5.33. The standard InChI is InChI=1S/C14H19N/c1-2-11-7-9-15-10-8-12-5-3-4-6-13(12)14(11)15/h3-6,11,14H,2,7-10H2,1H3/t11-,14+/m1/s1. The van der Waals surface area contributed by atoms with Gasteiger partial charge in [-0.05, 0) is 36.4 Å². The van der Waals surface area contributed by atoms with E-state index in [0.717, 1.165) is 12.0 Å². The summed E-state index contributed by atoms with van der Waals surface area (Å²) >= 11 is 0. The summed E-state index contributed by atoms with van der Waals surface area (Å²) in [5, 5.41) is 0. The van der Waals surface area contributed by atoms with Crippen molar-refractivity contribution < 1.29 is 0 Å². The molecular weight excluding hydrogens is 182 g/mol. The van der Waals surface area contributed by atoms with Gasteiger partial charge in [0.2, 0.25) is 0 Å². The molecule has 0 bridgehead atoms. The molecular formula is C14H19N. The summed E-state index contributed by atoms with van der Waals surface area (Å²) in [6, 6.07) is 9.79. The number of nitrogens with zero attached hydrogens (tertiary/aromatic N) is 1. The van der Waals surface area contributed by atoms with Gasteiger partial charge in [-0.3, -0.25) is 4.90 Å². The van der Waals surface area contributed by atoms with E-state index < -0.39 is 0 Å². The highest BCUT2D eigenvalue weighted by Crippen LogP contribution is 2.42. The molecule has 80 valence electrons. The van der Waals surface area contributed by atoms with Gasteiger partial charge >= 0.3 is 0 Å². The normalized spacial score (nSPS) is 29.9.